The van der Waals surface area contributed by atoms with Gasteiger partial charge in [-0.1, -0.05) is 48.5 Å². The third kappa shape index (κ3) is 3.26. The van der Waals surface area contributed by atoms with Gasteiger partial charge in [-0.25, -0.2) is 0 Å². The second-order valence-corrected chi connectivity index (χ2v) is 9.23. The Morgan fingerprint density at radius 3 is 2.41 bits per heavy atom. The Kier molecular flexibility index (Phi) is 5.52. The second-order valence-electron chi connectivity index (χ2n) is 9.23. The predicted molar refractivity (Wildman–Crippen MR) is 126 cm³/mol. The number of nitrogens with zero attached hydrogens (tertiary/aromatic N) is 2. The summed E-state index contributed by atoms with van der Waals surface area (Å²) < 4.78 is 12.2. The molecule has 3 atom stereocenters. The molecule has 1 saturated heterocycles. The van der Waals surface area contributed by atoms with Gasteiger partial charge in [0.2, 0.25) is 0 Å². The Bertz CT molecular complexity index is 1280. The zero-order valence-corrected chi connectivity index (χ0v) is 19.6. The van der Waals surface area contributed by atoms with Crippen LogP contribution in [0.3, 0.4) is 0 Å². The first-order valence-corrected chi connectivity index (χ1v) is 11.5. The van der Waals surface area contributed by atoms with E-state index >= 15 is 0 Å². The predicted octanol–water partition coefficient (Wildman–Crippen LogP) is 3.34. The largest absolute Gasteiger partial charge is 0.469 e. The Balaban J connectivity index is 1.69. The fourth-order valence-electron chi connectivity index (χ4n) is 5.97. The number of aromatic nitrogens is 1. The average molecular weight is 461 g/mol. The van der Waals surface area contributed by atoms with Gasteiger partial charge in [0.25, 0.3) is 0 Å². The summed E-state index contributed by atoms with van der Waals surface area (Å²) in [7, 11) is 4.56. The lowest BCUT2D eigenvalue weighted by Gasteiger charge is -2.51. The standard InChI is InChI=1S/C27H28N2O5/c1-28-20-12-8-7-11-18(20)19-13-21-25(31)27(26(32)34-3,15-23(30)33-2)14-22(24(19)28)29(21)16-17-9-5-4-6-10-17/h4-12,21-22H,13-16H2,1-3H3. The molecular weight excluding hydrogens is 432 g/mol. The number of methoxy groups -OCH3 is 2. The number of aryl methyl sites for hydroxylation is 1. The molecule has 1 fully saturated rings. The van der Waals surface area contributed by atoms with Crippen LogP contribution >= 0.6 is 0 Å². The number of esters is 2. The van der Waals surface area contributed by atoms with Gasteiger partial charge < -0.3 is 14.0 Å². The Hall–Kier alpha value is -3.45. The van der Waals surface area contributed by atoms with Gasteiger partial charge in [-0.2, -0.15) is 0 Å². The summed E-state index contributed by atoms with van der Waals surface area (Å²) in [5.74, 6) is -1.53. The third-order valence-corrected chi connectivity index (χ3v) is 7.55. The first kappa shape index (κ1) is 22.3. The molecule has 3 aromatic rings. The molecular formula is C27H28N2O5. The van der Waals surface area contributed by atoms with E-state index in [1.165, 1.54) is 14.2 Å². The highest BCUT2D eigenvalue weighted by Gasteiger charge is 2.60. The van der Waals surface area contributed by atoms with E-state index < -0.39 is 23.4 Å². The molecule has 5 rings (SSSR count). The van der Waals surface area contributed by atoms with Crippen LogP contribution in [0.1, 0.15) is 35.7 Å². The third-order valence-electron chi connectivity index (χ3n) is 7.55. The highest BCUT2D eigenvalue weighted by Crippen LogP contribution is 2.52. The minimum Gasteiger partial charge on any atom is -0.469 e. The molecule has 2 aliphatic heterocycles. The quantitative estimate of drug-likeness (QED) is 0.429. The number of carbonyl (C=O) groups excluding carboxylic acids is 3. The molecule has 2 bridgehead atoms. The van der Waals surface area contributed by atoms with Crippen LogP contribution in [-0.4, -0.2) is 47.5 Å². The summed E-state index contributed by atoms with van der Waals surface area (Å²) in [5, 5.41) is 1.13. The van der Waals surface area contributed by atoms with Gasteiger partial charge in [0, 0.05) is 30.2 Å². The van der Waals surface area contributed by atoms with E-state index in [0.29, 0.717) is 13.0 Å². The van der Waals surface area contributed by atoms with Crippen LogP contribution in [0.25, 0.3) is 10.9 Å². The van der Waals surface area contributed by atoms with Gasteiger partial charge in [0.05, 0.1) is 32.7 Å². The first-order chi connectivity index (χ1) is 16.4. The van der Waals surface area contributed by atoms with E-state index in [2.05, 4.69) is 21.6 Å². The molecule has 1 aromatic heterocycles. The molecule has 2 aromatic carbocycles. The molecule has 176 valence electrons. The lowest BCUT2D eigenvalue weighted by atomic mass is 9.65. The van der Waals surface area contributed by atoms with Crippen LogP contribution in [0.5, 0.6) is 0 Å². The molecule has 3 unspecified atom stereocenters. The number of benzene rings is 2. The van der Waals surface area contributed by atoms with Crippen molar-refractivity contribution in [1.82, 2.24) is 9.47 Å². The fraction of sp³-hybridized carbons (Fsp3) is 0.370. The van der Waals surface area contributed by atoms with Crippen molar-refractivity contribution in [2.45, 2.75) is 37.9 Å². The van der Waals surface area contributed by atoms with E-state index in [0.717, 1.165) is 27.7 Å². The Morgan fingerprint density at radius 1 is 1.00 bits per heavy atom. The van der Waals surface area contributed by atoms with Gasteiger partial charge >= 0.3 is 11.9 Å². The number of ketones is 1. The molecule has 0 N–H and O–H groups in total. The first-order valence-electron chi connectivity index (χ1n) is 11.5. The van der Waals surface area contributed by atoms with Crippen molar-refractivity contribution in [3.63, 3.8) is 0 Å². The van der Waals surface area contributed by atoms with Crippen molar-refractivity contribution in [1.29, 1.82) is 0 Å². The second kappa shape index (κ2) is 8.40. The van der Waals surface area contributed by atoms with Gasteiger partial charge in [0.15, 0.2) is 5.78 Å². The van der Waals surface area contributed by atoms with Gasteiger partial charge in [0.1, 0.15) is 5.41 Å². The number of para-hydroxylation sites is 1. The molecule has 7 heteroatoms. The van der Waals surface area contributed by atoms with Crippen molar-refractivity contribution < 1.29 is 23.9 Å². The van der Waals surface area contributed by atoms with Crippen LogP contribution in [0.2, 0.25) is 0 Å². The number of rotatable bonds is 5. The maximum Gasteiger partial charge on any atom is 0.320 e. The molecule has 0 aliphatic carbocycles. The summed E-state index contributed by atoms with van der Waals surface area (Å²) in [6.07, 6.45) is 0.313. The summed E-state index contributed by atoms with van der Waals surface area (Å²) >= 11 is 0. The number of piperidine rings is 1. The van der Waals surface area contributed by atoms with E-state index in [9.17, 15) is 14.4 Å². The maximum atomic E-state index is 14.1. The minimum absolute atomic E-state index is 0.161. The number of fused-ring (bicyclic) bond motifs is 6. The van der Waals surface area contributed by atoms with Crippen molar-refractivity contribution in [2.75, 3.05) is 14.2 Å². The van der Waals surface area contributed by atoms with Crippen LogP contribution in [0.15, 0.2) is 54.6 Å². The number of ether oxygens (including phenoxy) is 2. The number of carbonyl (C=O) groups is 3. The Labute approximate surface area is 198 Å². The molecule has 0 amide bonds. The Morgan fingerprint density at radius 2 is 1.71 bits per heavy atom. The fourth-order valence-corrected chi connectivity index (χ4v) is 5.97. The molecule has 0 saturated carbocycles. The van der Waals surface area contributed by atoms with E-state index in [1.54, 1.807) is 0 Å². The molecule has 7 nitrogen and oxygen atoms in total. The molecule has 0 radical (unpaired) electrons. The summed E-state index contributed by atoms with van der Waals surface area (Å²) in [5.41, 5.74) is 2.83. The van der Waals surface area contributed by atoms with E-state index in [-0.39, 0.29) is 24.7 Å². The molecule has 3 heterocycles. The lowest BCUT2D eigenvalue weighted by molar-refractivity contribution is -0.173. The SMILES string of the molecule is COC(=O)CC1(C(=O)OC)CC2c3c(c4ccccc4n3C)CC(C1=O)N2Cc1ccccc1. The molecule has 0 spiro atoms. The van der Waals surface area contributed by atoms with Gasteiger partial charge in [-0.05, 0) is 30.0 Å². The zero-order chi connectivity index (χ0) is 24.0. The number of Topliss-reactive ketones (excluding diaryl/α,β-unsaturated/α-hetero) is 1. The topological polar surface area (TPSA) is 77.8 Å². The normalized spacial score (nSPS) is 24.0. The van der Waals surface area contributed by atoms with Crippen LogP contribution in [0, 0.1) is 5.41 Å². The van der Waals surface area contributed by atoms with Crippen molar-refractivity contribution in [3.05, 3.63) is 71.4 Å². The summed E-state index contributed by atoms with van der Waals surface area (Å²) in [4.78, 5) is 41.8. The summed E-state index contributed by atoms with van der Waals surface area (Å²) in [6.45, 7) is 0.568. The maximum absolute atomic E-state index is 14.1. The average Bonchev–Trinajstić information content (AvgIpc) is 3.14. The molecule has 2 aliphatic rings. The van der Waals surface area contributed by atoms with E-state index in [1.807, 2.05) is 49.5 Å². The number of hydrogen-bond donors (Lipinski definition) is 0. The van der Waals surface area contributed by atoms with Crippen molar-refractivity contribution >= 4 is 28.6 Å². The highest BCUT2D eigenvalue weighted by molar-refractivity contribution is 6.10. The van der Waals surface area contributed by atoms with Crippen LogP contribution < -0.4 is 0 Å². The monoisotopic (exact) mass is 460 g/mol. The molecule has 34 heavy (non-hydrogen) atoms. The van der Waals surface area contributed by atoms with Gasteiger partial charge in [-0.3, -0.25) is 19.3 Å². The van der Waals surface area contributed by atoms with Crippen molar-refractivity contribution in [2.24, 2.45) is 12.5 Å². The van der Waals surface area contributed by atoms with Gasteiger partial charge in [-0.15, -0.1) is 0 Å². The lowest BCUT2D eigenvalue weighted by Crippen LogP contribution is -2.62. The highest BCUT2D eigenvalue weighted by atomic mass is 16.5. The smallest absolute Gasteiger partial charge is 0.320 e. The van der Waals surface area contributed by atoms with Crippen molar-refractivity contribution in [3.8, 4) is 0 Å². The number of hydrogen-bond acceptors (Lipinski definition) is 6. The minimum atomic E-state index is -1.57. The zero-order valence-electron chi connectivity index (χ0n) is 19.6. The van der Waals surface area contributed by atoms with Crippen LogP contribution in [-0.2, 0) is 43.9 Å². The summed E-state index contributed by atoms with van der Waals surface area (Å²) in [6, 6.07) is 17.4. The van der Waals surface area contributed by atoms with E-state index in [4.69, 9.17) is 9.47 Å². The van der Waals surface area contributed by atoms with Crippen LogP contribution in [0.4, 0.5) is 0 Å².